The van der Waals surface area contributed by atoms with Crippen molar-refractivity contribution in [1.29, 1.82) is 0 Å². The van der Waals surface area contributed by atoms with Crippen LogP contribution in [0.2, 0.25) is 0 Å². The van der Waals surface area contributed by atoms with E-state index in [2.05, 4.69) is 15.5 Å². The lowest BCUT2D eigenvalue weighted by Gasteiger charge is -2.22. The Hall–Kier alpha value is -0.640. The number of unbranched alkanes of at least 4 members (excludes halogenated alkanes) is 1. The maximum Gasteiger partial charge on any atom is 0.151 e. The summed E-state index contributed by atoms with van der Waals surface area (Å²) in [4.78, 5) is 0. The van der Waals surface area contributed by atoms with E-state index in [1.165, 1.54) is 0 Å². The van der Waals surface area contributed by atoms with E-state index in [1.807, 2.05) is 4.68 Å². The summed E-state index contributed by atoms with van der Waals surface area (Å²) in [5, 5.41) is 11.9. The molecule has 1 aromatic rings. The molecule has 0 saturated heterocycles. The number of hydrogen-bond acceptors (Lipinski definition) is 3. The second-order valence-corrected chi connectivity index (χ2v) is 4.54. The molecule has 1 aliphatic carbocycles. The first-order valence-electron chi connectivity index (χ1n) is 6.95. The normalized spacial score (nSPS) is 22.8. The highest BCUT2D eigenvalue weighted by atomic mass is 35.5. The largest absolute Gasteiger partial charge is 0.227 e. The summed E-state index contributed by atoms with van der Waals surface area (Å²) < 4.78 is 17.3. The molecule has 1 saturated carbocycles. The third-order valence-electron chi connectivity index (χ3n) is 3.00. The number of nitrogens with zero attached hydrogens (tertiary/aromatic N) is 4. The number of halogens is 1. The van der Waals surface area contributed by atoms with Gasteiger partial charge in [-0.05, 0) is 36.1 Å². The molecule has 0 spiro atoms. The lowest BCUT2D eigenvalue weighted by Crippen LogP contribution is -2.17. The molecule has 0 radical (unpaired) electrons. The second-order valence-electron chi connectivity index (χ2n) is 4.17. The topological polar surface area (TPSA) is 43.6 Å². The molecule has 1 aliphatic rings. The van der Waals surface area contributed by atoms with Gasteiger partial charge in [0.2, 0.25) is 0 Å². The zero-order chi connectivity index (χ0) is 13.0. The quantitative estimate of drug-likeness (QED) is 0.591. The number of alkyl halides is 1. The lowest BCUT2D eigenvalue weighted by atomic mass is 9.95. The summed E-state index contributed by atoms with van der Waals surface area (Å²) >= 11 is 5.66. The number of aryl methyl sites for hydroxylation is 1. The minimum absolute atomic E-state index is 0.259. The van der Waals surface area contributed by atoms with Crippen LogP contribution < -0.4 is 0 Å². The third-order valence-corrected chi connectivity index (χ3v) is 3.27. The highest BCUT2D eigenvalue weighted by molar-refractivity contribution is 6.17. The fraction of sp³-hybridized carbons (Fsp3) is 0.909. The first-order valence-corrected chi connectivity index (χ1v) is 6.48. The average molecular weight is 245 g/mol. The number of tetrazole rings is 1. The molecule has 1 aromatic heterocycles. The molecule has 0 aliphatic heterocycles. The standard InChI is InChI=1S/C11H19ClN4/c12-9-5-4-8-11-13-14-15-16(11)10-6-2-1-3-7-10/h10H,1-9H2/i1D2. The van der Waals surface area contributed by atoms with Gasteiger partial charge in [0.05, 0.1) is 6.04 Å². The molecule has 16 heavy (non-hydrogen) atoms. The molecule has 1 fully saturated rings. The lowest BCUT2D eigenvalue weighted by molar-refractivity contribution is 0.316. The third kappa shape index (κ3) is 2.94. The SMILES string of the molecule is [2H]C1([2H])CCC(n2nnnc2CCCCCl)CC1. The van der Waals surface area contributed by atoms with Crippen LogP contribution in [-0.4, -0.2) is 26.1 Å². The van der Waals surface area contributed by atoms with Crippen molar-refractivity contribution in [2.75, 3.05) is 5.88 Å². The van der Waals surface area contributed by atoms with E-state index in [9.17, 15) is 0 Å². The van der Waals surface area contributed by atoms with Gasteiger partial charge >= 0.3 is 0 Å². The smallest absolute Gasteiger partial charge is 0.151 e. The molecular weight excluding hydrogens is 224 g/mol. The maximum atomic E-state index is 7.72. The first-order chi connectivity index (χ1) is 8.62. The molecular formula is C11H19ClN4. The molecule has 0 bridgehead atoms. The Balaban J connectivity index is 1.95. The Morgan fingerprint density at radius 3 is 2.94 bits per heavy atom. The summed E-state index contributed by atoms with van der Waals surface area (Å²) in [5.74, 6) is 1.58. The van der Waals surface area contributed by atoms with Gasteiger partial charge in [-0.25, -0.2) is 4.68 Å². The second kappa shape index (κ2) is 6.18. The molecule has 0 unspecified atom stereocenters. The van der Waals surface area contributed by atoms with E-state index in [-0.39, 0.29) is 6.04 Å². The van der Waals surface area contributed by atoms with Crippen LogP contribution in [0.1, 0.15) is 59.5 Å². The molecule has 0 atom stereocenters. The molecule has 0 amide bonds. The van der Waals surface area contributed by atoms with Gasteiger partial charge in [0.25, 0.3) is 0 Å². The molecule has 5 heteroatoms. The predicted octanol–water partition coefficient (Wildman–Crippen LogP) is 2.74. The fourth-order valence-electron chi connectivity index (χ4n) is 2.09. The minimum Gasteiger partial charge on any atom is -0.227 e. The van der Waals surface area contributed by atoms with E-state index in [0.29, 0.717) is 18.7 Å². The van der Waals surface area contributed by atoms with Crippen LogP contribution in [0.25, 0.3) is 0 Å². The number of aromatic nitrogens is 4. The Labute approximate surface area is 104 Å². The van der Waals surface area contributed by atoms with Crippen molar-refractivity contribution in [3.8, 4) is 0 Å². The van der Waals surface area contributed by atoms with Crippen LogP contribution in [-0.2, 0) is 6.42 Å². The van der Waals surface area contributed by atoms with Crippen molar-refractivity contribution < 1.29 is 2.74 Å². The predicted molar refractivity (Wildman–Crippen MR) is 63.6 cm³/mol. The van der Waals surface area contributed by atoms with Crippen LogP contribution in [0.5, 0.6) is 0 Å². The Morgan fingerprint density at radius 2 is 2.19 bits per heavy atom. The highest BCUT2D eigenvalue weighted by Gasteiger charge is 2.19. The molecule has 1 heterocycles. The molecule has 90 valence electrons. The van der Waals surface area contributed by atoms with E-state index >= 15 is 0 Å². The van der Waals surface area contributed by atoms with Crippen molar-refractivity contribution in [2.45, 2.75) is 57.4 Å². The van der Waals surface area contributed by atoms with Gasteiger partial charge in [0, 0.05) is 15.0 Å². The molecule has 0 aromatic carbocycles. The van der Waals surface area contributed by atoms with Gasteiger partial charge in [-0.3, -0.25) is 0 Å². The molecule has 0 N–H and O–H groups in total. The summed E-state index contributed by atoms with van der Waals surface area (Å²) in [7, 11) is 0. The summed E-state index contributed by atoms with van der Waals surface area (Å²) in [6.07, 6.45) is 4.64. The van der Waals surface area contributed by atoms with Gasteiger partial charge in [-0.15, -0.1) is 16.7 Å². The molecule has 2 rings (SSSR count). The summed E-state index contributed by atoms with van der Waals surface area (Å²) in [6, 6.07) is 0.259. The van der Waals surface area contributed by atoms with Gasteiger partial charge in [-0.2, -0.15) is 0 Å². The Kier molecular flexibility index (Phi) is 3.63. The van der Waals surface area contributed by atoms with Crippen LogP contribution in [0.4, 0.5) is 0 Å². The Bertz CT molecular complexity index is 373. The minimum atomic E-state index is -1.01. The zero-order valence-electron chi connectivity index (χ0n) is 11.4. The van der Waals surface area contributed by atoms with E-state index in [1.54, 1.807) is 0 Å². The van der Waals surface area contributed by atoms with E-state index in [0.717, 1.165) is 37.9 Å². The average Bonchev–Trinajstić information content (AvgIpc) is 2.78. The number of rotatable bonds is 5. The summed E-state index contributed by atoms with van der Waals surface area (Å²) in [6.45, 7) is 0. The first kappa shape index (κ1) is 9.40. The van der Waals surface area contributed by atoms with Crippen molar-refractivity contribution in [3.63, 3.8) is 0 Å². The van der Waals surface area contributed by atoms with Gasteiger partial charge in [0.1, 0.15) is 0 Å². The summed E-state index contributed by atoms with van der Waals surface area (Å²) in [5.41, 5.74) is 0. The highest BCUT2D eigenvalue weighted by Crippen LogP contribution is 2.27. The number of hydrogen-bond donors (Lipinski definition) is 0. The van der Waals surface area contributed by atoms with Gasteiger partial charge in [-0.1, -0.05) is 19.2 Å². The van der Waals surface area contributed by atoms with Crippen molar-refractivity contribution in [2.24, 2.45) is 0 Å². The molecule has 4 nitrogen and oxygen atoms in total. The fourth-order valence-corrected chi connectivity index (χ4v) is 2.28. The monoisotopic (exact) mass is 244 g/mol. The van der Waals surface area contributed by atoms with Crippen LogP contribution in [0.3, 0.4) is 0 Å². The van der Waals surface area contributed by atoms with Crippen molar-refractivity contribution in [3.05, 3.63) is 5.82 Å². The van der Waals surface area contributed by atoms with Crippen LogP contribution in [0.15, 0.2) is 0 Å². The van der Waals surface area contributed by atoms with Crippen LogP contribution >= 0.6 is 11.6 Å². The van der Waals surface area contributed by atoms with Gasteiger partial charge < -0.3 is 0 Å². The van der Waals surface area contributed by atoms with E-state index < -0.39 is 6.37 Å². The van der Waals surface area contributed by atoms with Crippen LogP contribution in [0, 0.1) is 0 Å². The van der Waals surface area contributed by atoms with Crippen molar-refractivity contribution in [1.82, 2.24) is 20.2 Å². The maximum absolute atomic E-state index is 7.72. The van der Waals surface area contributed by atoms with Gasteiger partial charge in [0.15, 0.2) is 5.82 Å². The van der Waals surface area contributed by atoms with E-state index in [4.69, 9.17) is 14.3 Å². The zero-order valence-corrected chi connectivity index (χ0v) is 10.2. The van der Waals surface area contributed by atoms with Crippen molar-refractivity contribution >= 4 is 11.6 Å². The Morgan fingerprint density at radius 1 is 1.38 bits per heavy atom.